The summed E-state index contributed by atoms with van der Waals surface area (Å²) in [6.07, 6.45) is 5.26. The lowest BCUT2D eigenvalue weighted by atomic mass is 9.62. The second-order valence-corrected chi connectivity index (χ2v) is 8.19. The number of sulfonamides is 1. The lowest BCUT2D eigenvalue weighted by Gasteiger charge is -2.41. The van der Waals surface area contributed by atoms with Crippen LogP contribution < -0.4 is 0 Å². The first-order valence-electron chi connectivity index (χ1n) is 7.30. The van der Waals surface area contributed by atoms with E-state index in [9.17, 15) is 8.42 Å². The molecule has 0 aromatic carbocycles. The van der Waals surface area contributed by atoms with Crippen molar-refractivity contribution in [1.29, 1.82) is 0 Å². The molecule has 2 fully saturated rings. The van der Waals surface area contributed by atoms with Gasteiger partial charge >= 0.3 is 0 Å². The molecule has 2 heterocycles. The quantitative estimate of drug-likeness (QED) is 0.856. The molecule has 1 saturated carbocycles. The Kier molecular flexibility index (Phi) is 3.79. The number of H-pyrrole nitrogens is 1. The smallest absolute Gasteiger partial charge is 0.211 e. The Bertz CT molecular complexity index is 609. The maximum absolute atomic E-state index is 11.8. The summed E-state index contributed by atoms with van der Waals surface area (Å²) in [6, 6.07) is 0. The van der Waals surface area contributed by atoms with Crippen LogP contribution in [0.25, 0.3) is 0 Å². The van der Waals surface area contributed by atoms with E-state index in [0.29, 0.717) is 26.1 Å². The van der Waals surface area contributed by atoms with Crippen LogP contribution in [0.3, 0.4) is 0 Å². The third kappa shape index (κ3) is 2.72. The molecule has 118 valence electrons. The van der Waals surface area contributed by atoms with Crippen molar-refractivity contribution in [3.63, 3.8) is 0 Å². The highest BCUT2D eigenvalue weighted by Gasteiger charge is 2.54. The predicted molar refractivity (Wildman–Crippen MR) is 77.4 cm³/mol. The molecule has 1 N–H and O–H groups in total. The zero-order chi connectivity index (χ0) is 15.1. The summed E-state index contributed by atoms with van der Waals surface area (Å²) in [4.78, 5) is 4.56. The first-order valence-corrected chi connectivity index (χ1v) is 9.15. The standard InChI is InChI=1S/C13H22N4O3S/c1-20-7-4-11-14-12(16-15-11)10-8-17(21(2,18)19)9-13(10)5-3-6-13/h10H,3-9H2,1-2H3,(H,14,15,16). The Balaban J connectivity index is 1.81. The summed E-state index contributed by atoms with van der Waals surface area (Å²) < 4.78 is 30.3. The van der Waals surface area contributed by atoms with Crippen molar-refractivity contribution in [2.45, 2.75) is 31.6 Å². The molecule has 1 saturated heterocycles. The number of nitrogens with one attached hydrogen (secondary N) is 1. The van der Waals surface area contributed by atoms with Crippen LogP contribution in [0.2, 0.25) is 0 Å². The van der Waals surface area contributed by atoms with Gasteiger partial charge in [0, 0.05) is 32.5 Å². The van der Waals surface area contributed by atoms with Crippen LogP contribution in [0.5, 0.6) is 0 Å². The molecule has 1 aromatic heterocycles. The Labute approximate surface area is 125 Å². The zero-order valence-corrected chi connectivity index (χ0v) is 13.3. The molecule has 0 amide bonds. The number of hydrogen-bond acceptors (Lipinski definition) is 5. The lowest BCUT2D eigenvalue weighted by Crippen LogP contribution is -2.37. The molecule has 1 aliphatic carbocycles. The summed E-state index contributed by atoms with van der Waals surface area (Å²) in [6.45, 7) is 1.71. The van der Waals surface area contributed by atoms with Gasteiger partial charge in [-0.15, -0.1) is 0 Å². The Morgan fingerprint density at radius 3 is 2.81 bits per heavy atom. The van der Waals surface area contributed by atoms with E-state index >= 15 is 0 Å². The fourth-order valence-electron chi connectivity index (χ4n) is 3.45. The van der Waals surface area contributed by atoms with Crippen LogP contribution >= 0.6 is 0 Å². The fraction of sp³-hybridized carbons (Fsp3) is 0.846. The molecule has 1 aromatic rings. The molecule has 1 aliphatic heterocycles. The monoisotopic (exact) mass is 314 g/mol. The Morgan fingerprint density at radius 1 is 1.48 bits per heavy atom. The maximum atomic E-state index is 11.8. The van der Waals surface area contributed by atoms with Crippen LogP contribution in [-0.4, -0.2) is 61.0 Å². The van der Waals surface area contributed by atoms with E-state index in [0.717, 1.165) is 30.9 Å². The topological polar surface area (TPSA) is 88.2 Å². The highest BCUT2D eigenvalue weighted by atomic mass is 32.2. The van der Waals surface area contributed by atoms with Crippen molar-refractivity contribution < 1.29 is 13.2 Å². The highest BCUT2D eigenvalue weighted by Crippen LogP contribution is 2.55. The van der Waals surface area contributed by atoms with Gasteiger partial charge in [0.15, 0.2) is 5.82 Å². The minimum atomic E-state index is -3.15. The SMILES string of the molecule is COCCc1nc(C2CN(S(C)(=O)=O)CC23CCC3)n[nH]1. The number of methoxy groups -OCH3 is 1. The average molecular weight is 314 g/mol. The van der Waals surface area contributed by atoms with E-state index in [4.69, 9.17) is 4.74 Å². The van der Waals surface area contributed by atoms with Crippen LogP contribution in [-0.2, 0) is 21.2 Å². The van der Waals surface area contributed by atoms with Gasteiger partial charge in [0.25, 0.3) is 0 Å². The Morgan fingerprint density at radius 2 is 2.24 bits per heavy atom. The normalized spacial score (nSPS) is 25.3. The zero-order valence-electron chi connectivity index (χ0n) is 12.5. The van der Waals surface area contributed by atoms with E-state index in [1.165, 1.54) is 6.26 Å². The number of rotatable bonds is 5. The van der Waals surface area contributed by atoms with E-state index in [1.54, 1.807) is 11.4 Å². The van der Waals surface area contributed by atoms with Crippen LogP contribution in [0.4, 0.5) is 0 Å². The molecule has 1 unspecified atom stereocenters. The molecule has 21 heavy (non-hydrogen) atoms. The third-order valence-electron chi connectivity index (χ3n) is 4.84. The number of aromatic nitrogens is 3. The third-order valence-corrected chi connectivity index (χ3v) is 6.05. The van der Waals surface area contributed by atoms with Gasteiger partial charge in [0.05, 0.1) is 12.9 Å². The van der Waals surface area contributed by atoms with E-state index in [2.05, 4.69) is 15.2 Å². The lowest BCUT2D eigenvalue weighted by molar-refractivity contribution is 0.127. The first-order chi connectivity index (χ1) is 9.94. The van der Waals surface area contributed by atoms with Crippen molar-refractivity contribution in [2.75, 3.05) is 33.1 Å². The minimum absolute atomic E-state index is 0.0454. The van der Waals surface area contributed by atoms with Gasteiger partial charge in [-0.3, -0.25) is 5.10 Å². The summed E-state index contributed by atoms with van der Waals surface area (Å²) in [5.41, 5.74) is 0.0454. The van der Waals surface area contributed by atoms with Gasteiger partial charge < -0.3 is 4.74 Å². The van der Waals surface area contributed by atoms with Crippen molar-refractivity contribution in [1.82, 2.24) is 19.5 Å². The van der Waals surface area contributed by atoms with Crippen LogP contribution in [0.1, 0.15) is 36.8 Å². The molecule has 7 nitrogen and oxygen atoms in total. The highest BCUT2D eigenvalue weighted by molar-refractivity contribution is 7.88. The van der Waals surface area contributed by atoms with Gasteiger partial charge in [-0.2, -0.15) is 5.10 Å². The van der Waals surface area contributed by atoms with E-state index in [1.807, 2.05) is 0 Å². The summed E-state index contributed by atoms with van der Waals surface area (Å²) in [5.74, 6) is 1.67. The van der Waals surface area contributed by atoms with Gasteiger partial charge in [0.1, 0.15) is 5.82 Å². The molecule has 1 atom stereocenters. The largest absolute Gasteiger partial charge is 0.384 e. The predicted octanol–water partition coefficient (Wildman–Crippen LogP) is 0.523. The van der Waals surface area contributed by atoms with Gasteiger partial charge in [-0.05, 0) is 18.3 Å². The molecular weight excluding hydrogens is 292 g/mol. The number of hydrogen-bond donors (Lipinski definition) is 1. The first kappa shape index (κ1) is 14.9. The Hall–Kier alpha value is -0.990. The van der Waals surface area contributed by atoms with Gasteiger partial charge in [-0.1, -0.05) is 6.42 Å². The van der Waals surface area contributed by atoms with Crippen molar-refractivity contribution in [2.24, 2.45) is 5.41 Å². The maximum Gasteiger partial charge on any atom is 0.211 e. The van der Waals surface area contributed by atoms with Gasteiger partial charge in [0.2, 0.25) is 10.0 Å². The number of nitrogens with zero attached hydrogens (tertiary/aromatic N) is 3. The molecular formula is C13H22N4O3S. The number of aromatic amines is 1. The number of ether oxygens (including phenoxy) is 1. The molecule has 3 rings (SSSR count). The second-order valence-electron chi connectivity index (χ2n) is 6.21. The van der Waals surface area contributed by atoms with Crippen molar-refractivity contribution >= 4 is 10.0 Å². The van der Waals surface area contributed by atoms with Gasteiger partial charge in [-0.25, -0.2) is 17.7 Å². The van der Waals surface area contributed by atoms with Crippen LogP contribution in [0, 0.1) is 5.41 Å². The van der Waals surface area contributed by atoms with E-state index < -0.39 is 10.0 Å². The molecule has 8 heteroatoms. The van der Waals surface area contributed by atoms with Crippen molar-refractivity contribution in [3.8, 4) is 0 Å². The molecule has 2 aliphatic rings. The van der Waals surface area contributed by atoms with Crippen LogP contribution in [0.15, 0.2) is 0 Å². The molecule has 0 radical (unpaired) electrons. The molecule has 1 spiro atoms. The fourth-order valence-corrected chi connectivity index (χ4v) is 4.36. The summed E-state index contributed by atoms with van der Waals surface area (Å²) in [7, 11) is -1.50. The average Bonchev–Trinajstić information content (AvgIpc) is 2.98. The summed E-state index contributed by atoms with van der Waals surface area (Å²) >= 11 is 0. The second kappa shape index (κ2) is 5.33. The minimum Gasteiger partial charge on any atom is -0.384 e. The van der Waals surface area contributed by atoms with Crippen molar-refractivity contribution in [3.05, 3.63) is 11.6 Å². The summed E-state index contributed by atoms with van der Waals surface area (Å²) in [5, 5.41) is 7.28. The van der Waals surface area contributed by atoms with E-state index in [-0.39, 0.29) is 11.3 Å². The molecule has 0 bridgehead atoms.